The average Bonchev–Trinajstić information content (AvgIpc) is 2.21. The molecule has 0 heterocycles. The lowest BCUT2D eigenvalue weighted by Gasteiger charge is -2.10. The van der Waals surface area contributed by atoms with E-state index >= 15 is 0 Å². The van der Waals surface area contributed by atoms with Gasteiger partial charge in [0, 0.05) is 0 Å². The highest BCUT2D eigenvalue weighted by Gasteiger charge is 2.15. The molecule has 0 aliphatic carbocycles. The van der Waals surface area contributed by atoms with Crippen LogP contribution < -0.4 is 0 Å². The molecule has 0 aliphatic heterocycles. The molecule has 0 bridgehead atoms. The number of carbonyl (C=O) groups is 1. The molecule has 1 atom stereocenters. The number of aliphatic hydroxyl groups excluding tert-OH is 1. The largest absolute Gasteiger partial charge is 0.466 e. The number of rotatable bonds is 7. The summed E-state index contributed by atoms with van der Waals surface area (Å²) in [6.45, 7) is 7.08. The van der Waals surface area contributed by atoms with Crippen LogP contribution in [-0.4, -0.2) is 24.3 Å². The second-order valence-corrected chi connectivity index (χ2v) is 3.11. The number of allylic oxidation sites excluding steroid dienone is 1. The van der Waals surface area contributed by atoms with E-state index in [1.807, 2.05) is 6.08 Å². The normalized spacial score (nSPS) is 11.9. The van der Waals surface area contributed by atoms with Crippen LogP contribution in [-0.2, 0) is 9.53 Å². The monoisotopic (exact) mass is 198 g/mol. The van der Waals surface area contributed by atoms with Gasteiger partial charge in [-0.15, -0.1) is 6.58 Å². The zero-order chi connectivity index (χ0) is 11.0. The zero-order valence-electron chi connectivity index (χ0n) is 8.66. The summed E-state index contributed by atoms with van der Waals surface area (Å²) in [6.07, 6.45) is 4.34. The fraction of sp³-hybridized carbons (Fsp3) is 0.545. The van der Waals surface area contributed by atoms with Gasteiger partial charge in [0.25, 0.3) is 0 Å². The predicted octanol–water partition coefficient (Wildman–Crippen LogP) is 1.82. The molecular weight excluding hydrogens is 180 g/mol. The van der Waals surface area contributed by atoms with Crippen molar-refractivity contribution >= 4 is 5.97 Å². The molecule has 14 heavy (non-hydrogen) atoms. The molecule has 0 amide bonds. The number of carbonyl (C=O) groups excluding carboxylic acids is 1. The Morgan fingerprint density at radius 2 is 2.21 bits per heavy atom. The van der Waals surface area contributed by atoms with Crippen LogP contribution in [0.2, 0.25) is 0 Å². The van der Waals surface area contributed by atoms with Crippen molar-refractivity contribution in [2.45, 2.75) is 31.8 Å². The van der Waals surface area contributed by atoms with Crippen molar-refractivity contribution in [3.63, 3.8) is 0 Å². The van der Waals surface area contributed by atoms with Crippen molar-refractivity contribution < 1.29 is 14.6 Å². The Balaban J connectivity index is 3.72. The van der Waals surface area contributed by atoms with Crippen molar-refractivity contribution in [2.24, 2.45) is 0 Å². The van der Waals surface area contributed by atoms with Crippen LogP contribution >= 0.6 is 0 Å². The van der Waals surface area contributed by atoms with Crippen LogP contribution in [0.1, 0.15) is 25.7 Å². The fourth-order valence-electron chi connectivity index (χ4n) is 1.07. The Kier molecular flexibility index (Phi) is 6.76. The molecule has 0 aromatic carbocycles. The number of esters is 1. The SMILES string of the molecule is C=CCCCC[C@@H](O)C(=C)C(=O)OC. The lowest BCUT2D eigenvalue weighted by molar-refractivity contribution is -0.137. The molecule has 0 saturated carbocycles. The molecule has 0 radical (unpaired) electrons. The van der Waals surface area contributed by atoms with Gasteiger partial charge in [0.2, 0.25) is 0 Å². The number of unbranched alkanes of at least 4 members (excludes halogenated alkanes) is 2. The smallest absolute Gasteiger partial charge is 0.335 e. The number of methoxy groups -OCH3 is 1. The van der Waals surface area contributed by atoms with E-state index in [2.05, 4.69) is 17.9 Å². The highest BCUT2D eigenvalue weighted by Crippen LogP contribution is 2.11. The topological polar surface area (TPSA) is 46.5 Å². The second kappa shape index (κ2) is 7.33. The minimum Gasteiger partial charge on any atom is -0.466 e. The first-order chi connectivity index (χ1) is 6.63. The third kappa shape index (κ3) is 4.82. The van der Waals surface area contributed by atoms with Gasteiger partial charge < -0.3 is 9.84 Å². The zero-order valence-corrected chi connectivity index (χ0v) is 8.66. The first-order valence-electron chi connectivity index (χ1n) is 4.69. The Morgan fingerprint density at radius 3 is 2.71 bits per heavy atom. The number of ether oxygens (including phenoxy) is 1. The Morgan fingerprint density at radius 1 is 1.57 bits per heavy atom. The lowest BCUT2D eigenvalue weighted by atomic mass is 10.0. The van der Waals surface area contributed by atoms with Crippen molar-refractivity contribution in [1.82, 2.24) is 0 Å². The fourth-order valence-corrected chi connectivity index (χ4v) is 1.07. The van der Waals surface area contributed by atoms with Crippen molar-refractivity contribution in [3.8, 4) is 0 Å². The molecule has 3 heteroatoms. The molecule has 80 valence electrons. The maximum Gasteiger partial charge on any atom is 0.335 e. The molecule has 0 aromatic rings. The Bertz CT molecular complexity index is 209. The van der Waals surface area contributed by atoms with Crippen molar-refractivity contribution in [2.75, 3.05) is 7.11 Å². The van der Waals surface area contributed by atoms with Gasteiger partial charge in [-0.3, -0.25) is 0 Å². The van der Waals surface area contributed by atoms with Crippen LogP contribution in [0.5, 0.6) is 0 Å². The predicted molar refractivity (Wildman–Crippen MR) is 55.8 cm³/mol. The van der Waals surface area contributed by atoms with Crippen LogP contribution in [0, 0.1) is 0 Å². The minimum atomic E-state index is -0.785. The Hall–Kier alpha value is -1.09. The summed E-state index contributed by atoms with van der Waals surface area (Å²) in [7, 11) is 1.28. The number of hydrogen-bond acceptors (Lipinski definition) is 3. The quantitative estimate of drug-likeness (QED) is 0.294. The van der Waals surface area contributed by atoms with Crippen LogP contribution in [0.4, 0.5) is 0 Å². The summed E-state index contributed by atoms with van der Waals surface area (Å²) in [4.78, 5) is 10.9. The van der Waals surface area contributed by atoms with Gasteiger partial charge in [0.05, 0.1) is 18.8 Å². The third-order valence-corrected chi connectivity index (χ3v) is 1.99. The van der Waals surface area contributed by atoms with Crippen molar-refractivity contribution in [3.05, 3.63) is 24.8 Å². The summed E-state index contributed by atoms with van der Waals surface area (Å²) >= 11 is 0. The van der Waals surface area contributed by atoms with Gasteiger partial charge in [-0.1, -0.05) is 19.1 Å². The maximum atomic E-state index is 10.9. The van der Waals surface area contributed by atoms with E-state index < -0.39 is 12.1 Å². The standard InChI is InChI=1S/C11H18O3/c1-4-5-6-7-8-10(12)9(2)11(13)14-3/h4,10,12H,1-2,5-8H2,3H3/t10-/m1/s1. The van der Waals surface area contributed by atoms with Gasteiger partial charge in [0.15, 0.2) is 0 Å². The first kappa shape index (κ1) is 12.9. The summed E-state index contributed by atoms with van der Waals surface area (Å²) in [5, 5.41) is 9.49. The average molecular weight is 198 g/mol. The highest BCUT2D eigenvalue weighted by molar-refractivity contribution is 5.88. The van der Waals surface area contributed by atoms with E-state index in [9.17, 15) is 9.90 Å². The highest BCUT2D eigenvalue weighted by atomic mass is 16.5. The summed E-state index contributed by atoms with van der Waals surface area (Å²) in [5.74, 6) is -0.541. The molecule has 0 rings (SSSR count). The van der Waals surface area contributed by atoms with Crippen molar-refractivity contribution in [1.29, 1.82) is 0 Å². The summed E-state index contributed by atoms with van der Waals surface area (Å²) in [5.41, 5.74) is 0.131. The van der Waals surface area contributed by atoms with E-state index in [0.29, 0.717) is 6.42 Å². The van der Waals surface area contributed by atoms with Crippen LogP contribution in [0.15, 0.2) is 24.8 Å². The number of hydrogen-bond donors (Lipinski definition) is 1. The van der Waals surface area contributed by atoms with E-state index in [-0.39, 0.29) is 5.57 Å². The third-order valence-electron chi connectivity index (χ3n) is 1.99. The molecule has 0 saturated heterocycles. The molecule has 3 nitrogen and oxygen atoms in total. The van der Waals surface area contributed by atoms with E-state index in [1.165, 1.54) is 7.11 Å². The van der Waals surface area contributed by atoms with E-state index in [1.54, 1.807) is 0 Å². The van der Waals surface area contributed by atoms with Crippen LogP contribution in [0.25, 0.3) is 0 Å². The molecule has 0 spiro atoms. The van der Waals surface area contributed by atoms with Gasteiger partial charge in [-0.25, -0.2) is 4.79 Å². The Labute approximate surface area is 85.1 Å². The summed E-state index contributed by atoms with van der Waals surface area (Å²) in [6, 6.07) is 0. The minimum absolute atomic E-state index is 0.131. The van der Waals surface area contributed by atoms with Gasteiger partial charge in [-0.05, 0) is 19.3 Å². The molecule has 1 N–H and O–H groups in total. The first-order valence-corrected chi connectivity index (χ1v) is 4.69. The molecule has 0 fully saturated rings. The molecule has 0 aromatic heterocycles. The maximum absolute atomic E-state index is 10.9. The second-order valence-electron chi connectivity index (χ2n) is 3.11. The molecule has 0 aliphatic rings. The van der Waals surface area contributed by atoms with E-state index in [4.69, 9.17) is 0 Å². The van der Waals surface area contributed by atoms with E-state index in [0.717, 1.165) is 19.3 Å². The lowest BCUT2D eigenvalue weighted by Crippen LogP contribution is -2.18. The van der Waals surface area contributed by atoms with Gasteiger partial charge >= 0.3 is 5.97 Å². The molecule has 0 unspecified atom stereocenters. The van der Waals surface area contributed by atoms with Gasteiger partial charge in [0.1, 0.15) is 0 Å². The van der Waals surface area contributed by atoms with Gasteiger partial charge in [-0.2, -0.15) is 0 Å². The molecular formula is C11H18O3. The number of aliphatic hydroxyl groups is 1. The van der Waals surface area contributed by atoms with Crippen LogP contribution in [0.3, 0.4) is 0 Å². The summed E-state index contributed by atoms with van der Waals surface area (Å²) < 4.78 is 4.45.